The Labute approximate surface area is 129 Å². The molecule has 2 aliphatic rings. The first-order valence-corrected chi connectivity index (χ1v) is 8.69. The molecule has 2 atom stereocenters. The molecule has 21 heavy (non-hydrogen) atoms. The average molecular weight is 287 g/mol. The molecule has 116 valence electrons. The van der Waals surface area contributed by atoms with Crippen molar-refractivity contribution in [1.82, 2.24) is 15.2 Å². The van der Waals surface area contributed by atoms with Gasteiger partial charge in [0.2, 0.25) is 0 Å². The molecular weight excluding hydrogens is 258 g/mol. The summed E-state index contributed by atoms with van der Waals surface area (Å²) in [6.07, 6.45) is 12.2. The van der Waals surface area contributed by atoms with Gasteiger partial charge in [-0.15, -0.1) is 0 Å². The normalized spacial score (nSPS) is 28.6. The molecule has 2 heterocycles. The Hall–Kier alpha value is -0.930. The molecule has 1 aliphatic carbocycles. The first-order chi connectivity index (χ1) is 10.3. The first kappa shape index (κ1) is 15.0. The van der Waals surface area contributed by atoms with Crippen LogP contribution in [0.25, 0.3) is 0 Å². The minimum Gasteiger partial charge on any atom is -0.311 e. The van der Waals surface area contributed by atoms with Crippen LogP contribution in [0.15, 0.2) is 24.5 Å². The zero-order valence-corrected chi connectivity index (χ0v) is 13.3. The fourth-order valence-corrected chi connectivity index (χ4v) is 3.93. The second kappa shape index (κ2) is 7.37. The highest BCUT2D eigenvalue weighted by molar-refractivity contribution is 5.09. The maximum atomic E-state index is 4.22. The molecule has 1 aliphatic heterocycles. The third kappa shape index (κ3) is 4.04. The van der Waals surface area contributed by atoms with Gasteiger partial charge in [0, 0.05) is 44.1 Å². The van der Waals surface area contributed by atoms with E-state index in [0.29, 0.717) is 6.04 Å². The number of nitrogens with one attached hydrogen (secondary N) is 1. The summed E-state index contributed by atoms with van der Waals surface area (Å²) in [5.74, 6) is 0.909. The van der Waals surface area contributed by atoms with E-state index in [4.69, 9.17) is 0 Å². The molecule has 2 unspecified atom stereocenters. The minimum absolute atomic E-state index is 0.654. The molecule has 1 aromatic heterocycles. The molecular formula is C18H29N3. The van der Waals surface area contributed by atoms with Gasteiger partial charge >= 0.3 is 0 Å². The summed E-state index contributed by atoms with van der Waals surface area (Å²) in [5, 5.41) is 3.81. The van der Waals surface area contributed by atoms with Crippen LogP contribution in [-0.4, -0.2) is 41.6 Å². The molecule has 3 nitrogen and oxygen atoms in total. The maximum absolute atomic E-state index is 4.22. The number of aromatic nitrogens is 1. The molecule has 1 aromatic rings. The van der Waals surface area contributed by atoms with E-state index in [0.717, 1.165) is 31.5 Å². The van der Waals surface area contributed by atoms with Gasteiger partial charge in [-0.3, -0.25) is 9.88 Å². The van der Waals surface area contributed by atoms with Crippen molar-refractivity contribution in [3.8, 4) is 0 Å². The van der Waals surface area contributed by atoms with Crippen LogP contribution in [-0.2, 0) is 6.42 Å². The van der Waals surface area contributed by atoms with Crippen molar-refractivity contribution in [2.45, 2.75) is 57.5 Å². The van der Waals surface area contributed by atoms with Gasteiger partial charge < -0.3 is 5.32 Å². The van der Waals surface area contributed by atoms with E-state index in [1.54, 1.807) is 0 Å². The molecule has 1 saturated carbocycles. The Bertz CT molecular complexity index is 414. The van der Waals surface area contributed by atoms with Crippen molar-refractivity contribution in [3.05, 3.63) is 30.1 Å². The van der Waals surface area contributed by atoms with Crippen LogP contribution in [0.1, 0.15) is 44.6 Å². The lowest BCUT2D eigenvalue weighted by Gasteiger charge is -2.43. The number of hydrogen-bond acceptors (Lipinski definition) is 3. The van der Waals surface area contributed by atoms with Gasteiger partial charge in [0.15, 0.2) is 0 Å². The van der Waals surface area contributed by atoms with E-state index in [9.17, 15) is 0 Å². The third-order valence-corrected chi connectivity index (χ3v) is 5.36. The van der Waals surface area contributed by atoms with Crippen molar-refractivity contribution in [3.63, 3.8) is 0 Å². The number of rotatable bonds is 4. The average Bonchev–Trinajstić information content (AvgIpc) is 2.56. The monoisotopic (exact) mass is 287 g/mol. The lowest BCUT2D eigenvalue weighted by molar-refractivity contribution is 0.105. The smallest absolute Gasteiger partial charge is 0.0300 e. The van der Waals surface area contributed by atoms with E-state index in [1.807, 2.05) is 18.5 Å². The predicted octanol–water partition coefficient (Wildman–Crippen LogP) is 2.87. The maximum Gasteiger partial charge on any atom is 0.0300 e. The zero-order chi connectivity index (χ0) is 14.5. The number of piperazine rings is 1. The minimum atomic E-state index is 0.654. The zero-order valence-electron chi connectivity index (χ0n) is 13.3. The van der Waals surface area contributed by atoms with Crippen molar-refractivity contribution >= 4 is 0 Å². The highest BCUT2D eigenvalue weighted by Crippen LogP contribution is 2.28. The molecule has 1 saturated heterocycles. The molecule has 0 aromatic carbocycles. The molecule has 0 radical (unpaired) electrons. The standard InChI is InChI=1S/C18H29N3/c1-15-12-20-18(17-7-3-2-4-8-17)14-21(15)11-9-16-6-5-10-19-13-16/h5-6,10,13,15,17-18,20H,2-4,7-9,11-12,14H2,1H3. The van der Waals surface area contributed by atoms with Crippen LogP contribution < -0.4 is 5.32 Å². The van der Waals surface area contributed by atoms with Crippen LogP contribution in [0.2, 0.25) is 0 Å². The van der Waals surface area contributed by atoms with Crippen molar-refractivity contribution in [2.75, 3.05) is 19.6 Å². The highest BCUT2D eigenvalue weighted by atomic mass is 15.2. The summed E-state index contributed by atoms with van der Waals surface area (Å²) >= 11 is 0. The molecule has 1 N–H and O–H groups in total. The highest BCUT2D eigenvalue weighted by Gasteiger charge is 2.30. The summed E-state index contributed by atoms with van der Waals surface area (Å²) in [6.45, 7) is 5.89. The van der Waals surface area contributed by atoms with Crippen molar-refractivity contribution < 1.29 is 0 Å². The second-order valence-electron chi connectivity index (χ2n) is 6.87. The lowest BCUT2D eigenvalue weighted by atomic mass is 9.82. The van der Waals surface area contributed by atoms with Crippen molar-refractivity contribution in [1.29, 1.82) is 0 Å². The first-order valence-electron chi connectivity index (χ1n) is 8.69. The van der Waals surface area contributed by atoms with E-state index < -0.39 is 0 Å². The summed E-state index contributed by atoms with van der Waals surface area (Å²) in [5.41, 5.74) is 1.36. The number of pyridine rings is 1. The third-order valence-electron chi connectivity index (χ3n) is 5.36. The van der Waals surface area contributed by atoms with E-state index in [-0.39, 0.29) is 0 Å². The molecule has 3 heteroatoms. The Morgan fingerprint density at radius 2 is 2.14 bits per heavy atom. The second-order valence-corrected chi connectivity index (χ2v) is 6.87. The van der Waals surface area contributed by atoms with Crippen LogP contribution >= 0.6 is 0 Å². The topological polar surface area (TPSA) is 28.2 Å². The number of hydrogen-bond donors (Lipinski definition) is 1. The van der Waals surface area contributed by atoms with Gasteiger partial charge in [-0.25, -0.2) is 0 Å². The molecule has 2 fully saturated rings. The Kier molecular flexibility index (Phi) is 5.26. The van der Waals surface area contributed by atoms with Gasteiger partial charge in [-0.05, 0) is 43.7 Å². The lowest BCUT2D eigenvalue weighted by Crippen LogP contribution is -2.58. The van der Waals surface area contributed by atoms with Gasteiger partial charge in [0.05, 0.1) is 0 Å². The van der Waals surface area contributed by atoms with Crippen LogP contribution in [0.3, 0.4) is 0 Å². The summed E-state index contributed by atoms with van der Waals surface area (Å²) < 4.78 is 0. The van der Waals surface area contributed by atoms with Crippen LogP contribution in [0.5, 0.6) is 0 Å². The van der Waals surface area contributed by atoms with Crippen LogP contribution in [0.4, 0.5) is 0 Å². The van der Waals surface area contributed by atoms with Gasteiger partial charge in [0.25, 0.3) is 0 Å². The fourth-order valence-electron chi connectivity index (χ4n) is 3.93. The van der Waals surface area contributed by atoms with E-state index in [1.165, 1.54) is 44.2 Å². The molecule has 3 rings (SSSR count). The summed E-state index contributed by atoms with van der Waals surface area (Å²) in [7, 11) is 0. The summed E-state index contributed by atoms with van der Waals surface area (Å²) in [4.78, 5) is 6.91. The number of nitrogens with zero attached hydrogens (tertiary/aromatic N) is 2. The Morgan fingerprint density at radius 1 is 1.29 bits per heavy atom. The SMILES string of the molecule is CC1CNC(C2CCCCC2)CN1CCc1cccnc1. The predicted molar refractivity (Wildman–Crippen MR) is 87.3 cm³/mol. The Balaban J connectivity index is 1.53. The van der Waals surface area contributed by atoms with Crippen LogP contribution in [0, 0.1) is 5.92 Å². The molecule has 0 bridgehead atoms. The molecule has 0 amide bonds. The van der Waals surface area contributed by atoms with Gasteiger partial charge in [-0.2, -0.15) is 0 Å². The summed E-state index contributed by atoms with van der Waals surface area (Å²) in [6, 6.07) is 5.61. The quantitative estimate of drug-likeness (QED) is 0.923. The Morgan fingerprint density at radius 3 is 2.90 bits per heavy atom. The van der Waals surface area contributed by atoms with Gasteiger partial charge in [0.1, 0.15) is 0 Å². The van der Waals surface area contributed by atoms with E-state index in [2.05, 4.69) is 28.2 Å². The molecule has 0 spiro atoms. The fraction of sp³-hybridized carbons (Fsp3) is 0.722. The largest absolute Gasteiger partial charge is 0.311 e. The van der Waals surface area contributed by atoms with Gasteiger partial charge in [-0.1, -0.05) is 25.3 Å². The van der Waals surface area contributed by atoms with Crippen molar-refractivity contribution in [2.24, 2.45) is 5.92 Å². The van der Waals surface area contributed by atoms with E-state index >= 15 is 0 Å².